The summed E-state index contributed by atoms with van der Waals surface area (Å²) >= 11 is 7.91. The van der Waals surface area contributed by atoms with Gasteiger partial charge in [-0.15, -0.1) is 0 Å². The van der Waals surface area contributed by atoms with E-state index in [1.54, 1.807) is 6.20 Å². The number of pyridine rings is 2. The minimum atomic E-state index is 0.307. The number of rotatable bonds is 4. The molecule has 3 aliphatic heterocycles. The van der Waals surface area contributed by atoms with Gasteiger partial charge in [0.15, 0.2) is 0 Å². The highest BCUT2D eigenvalue weighted by molar-refractivity contribution is 8.03. The van der Waals surface area contributed by atoms with Gasteiger partial charge in [0.25, 0.3) is 0 Å². The number of halogens is 1. The highest BCUT2D eigenvalue weighted by Gasteiger charge is 2.41. The fraction of sp³-hybridized carbons (Fsp3) is 0.357. The number of hydrogen-bond acceptors (Lipinski definition) is 9. The Balaban J connectivity index is 1.18. The zero-order valence-electron chi connectivity index (χ0n) is 21.9. The van der Waals surface area contributed by atoms with E-state index in [0.29, 0.717) is 16.3 Å². The summed E-state index contributed by atoms with van der Waals surface area (Å²) in [7, 11) is 6.10. The van der Waals surface area contributed by atoms with Crippen molar-refractivity contribution >= 4 is 47.0 Å². The lowest BCUT2D eigenvalue weighted by atomic mass is 9.76. The molecule has 2 N–H and O–H groups in total. The Labute approximate surface area is 232 Å². The number of anilines is 2. The van der Waals surface area contributed by atoms with Gasteiger partial charge in [0.2, 0.25) is 0 Å². The van der Waals surface area contributed by atoms with Crippen LogP contribution in [0.3, 0.4) is 0 Å². The first-order chi connectivity index (χ1) is 18.3. The zero-order valence-corrected chi connectivity index (χ0v) is 23.4. The Bertz CT molecular complexity index is 1430. The van der Waals surface area contributed by atoms with Crippen LogP contribution in [0.2, 0.25) is 5.02 Å². The molecule has 4 aliphatic rings. The summed E-state index contributed by atoms with van der Waals surface area (Å²) in [5.41, 5.74) is 8.90. The van der Waals surface area contributed by atoms with Gasteiger partial charge in [-0.3, -0.25) is 0 Å². The van der Waals surface area contributed by atoms with Crippen molar-refractivity contribution in [2.45, 2.75) is 30.6 Å². The molecule has 6 rings (SSSR count). The van der Waals surface area contributed by atoms with Gasteiger partial charge in [-0.25, -0.2) is 20.0 Å². The van der Waals surface area contributed by atoms with Crippen LogP contribution in [0.15, 0.2) is 74.1 Å². The van der Waals surface area contributed by atoms with E-state index in [0.717, 1.165) is 71.9 Å². The lowest BCUT2D eigenvalue weighted by Crippen LogP contribution is -2.40. The van der Waals surface area contributed by atoms with Gasteiger partial charge in [0, 0.05) is 57.2 Å². The zero-order chi connectivity index (χ0) is 26.4. The molecule has 2 bridgehead atoms. The van der Waals surface area contributed by atoms with E-state index in [1.165, 1.54) is 23.0 Å². The standard InChI is InChI=1S/C28H31ClN8S/c1-35(2)22-6-4-18-16-28(17-19(18)33-22)10-14-37(15-11-28)24-9-13-32-27-21(5-7-23(34-24)36(27)3)38-20-8-12-31-26(30)25(20)29/h4-9,12-13H,10-11,14-17H2,1-3H3,(H2,30,31). The molecule has 1 spiro atoms. The smallest absolute Gasteiger partial charge is 0.147 e. The van der Waals surface area contributed by atoms with E-state index in [-0.39, 0.29) is 0 Å². The first-order valence-corrected chi connectivity index (χ1v) is 14.0. The molecule has 1 aliphatic carbocycles. The Kier molecular flexibility index (Phi) is 6.44. The molecule has 10 heteroatoms. The van der Waals surface area contributed by atoms with Crippen molar-refractivity contribution < 1.29 is 0 Å². The first kappa shape index (κ1) is 25.0. The van der Waals surface area contributed by atoms with E-state index >= 15 is 0 Å². The van der Waals surface area contributed by atoms with Crippen LogP contribution in [-0.4, -0.2) is 66.1 Å². The fourth-order valence-electron chi connectivity index (χ4n) is 5.56. The average Bonchev–Trinajstić information content (AvgIpc) is 3.25. The van der Waals surface area contributed by atoms with Crippen molar-refractivity contribution in [2.75, 3.05) is 44.9 Å². The van der Waals surface area contributed by atoms with E-state index in [2.05, 4.69) is 41.0 Å². The predicted octanol–water partition coefficient (Wildman–Crippen LogP) is 4.75. The van der Waals surface area contributed by atoms with Gasteiger partial charge in [0.1, 0.15) is 29.1 Å². The molecule has 0 atom stereocenters. The second kappa shape index (κ2) is 9.78. The normalized spacial score (nSPS) is 19.8. The fourth-order valence-corrected chi connectivity index (χ4v) is 6.77. The van der Waals surface area contributed by atoms with E-state index in [1.807, 2.05) is 42.5 Å². The van der Waals surface area contributed by atoms with Crippen LogP contribution >= 0.6 is 23.4 Å². The van der Waals surface area contributed by atoms with Crippen LogP contribution in [0, 0.1) is 5.41 Å². The summed E-state index contributed by atoms with van der Waals surface area (Å²) in [5, 5.41) is 0.459. The Morgan fingerprint density at radius 1 is 1.11 bits per heavy atom. The monoisotopic (exact) mass is 546 g/mol. The van der Waals surface area contributed by atoms with Crippen molar-refractivity contribution in [3.05, 3.63) is 75.5 Å². The number of piperidine rings is 1. The molecule has 196 valence electrons. The first-order valence-electron chi connectivity index (χ1n) is 12.8. The summed E-state index contributed by atoms with van der Waals surface area (Å²) in [6.07, 6.45) is 14.1. The molecule has 0 aromatic carbocycles. The SMILES string of the molecule is CN1C2=NC(N3CCC4(CC3)Cc3ccc(N(C)C)nc3C4)=CC=NC1=C(Sc1ccnc(N)c1Cl)C=C2. The molecule has 8 nitrogen and oxygen atoms in total. The summed E-state index contributed by atoms with van der Waals surface area (Å²) in [4.78, 5) is 27.2. The molecule has 0 amide bonds. The van der Waals surface area contributed by atoms with E-state index in [4.69, 9.17) is 32.3 Å². The Morgan fingerprint density at radius 3 is 2.71 bits per heavy atom. The third-order valence-electron chi connectivity index (χ3n) is 7.78. The number of likely N-dealkylation sites (N-methyl/N-ethyl adjacent to an activating group) is 1. The molecule has 0 saturated carbocycles. The van der Waals surface area contributed by atoms with E-state index < -0.39 is 0 Å². The van der Waals surface area contributed by atoms with Crippen LogP contribution in [-0.2, 0) is 12.8 Å². The molecular formula is C28H31ClN8S. The minimum absolute atomic E-state index is 0.307. The maximum atomic E-state index is 6.39. The van der Waals surface area contributed by atoms with Gasteiger partial charge < -0.3 is 20.4 Å². The van der Waals surface area contributed by atoms with Crippen molar-refractivity contribution in [1.29, 1.82) is 0 Å². The van der Waals surface area contributed by atoms with E-state index in [9.17, 15) is 0 Å². The Morgan fingerprint density at radius 2 is 1.92 bits per heavy atom. The van der Waals surface area contributed by atoms with Gasteiger partial charge in [-0.1, -0.05) is 29.4 Å². The summed E-state index contributed by atoms with van der Waals surface area (Å²) in [5.74, 6) is 4.01. The molecule has 2 aromatic heterocycles. The van der Waals surface area contributed by atoms with Crippen molar-refractivity contribution in [2.24, 2.45) is 15.4 Å². The topological polar surface area (TPSA) is 86.2 Å². The highest BCUT2D eigenvalue weighted by Crippen LogP contribution is 2.45. The molecule has 0 radical (unpaired) electrons. The number of thioether (sulfide) groups is 1. The van der Waals surface area contributed by atoms with Crippen LogP contribution in [0.1, 0.15) is 24.1 Å². The largest absolute Gasteiger partial charge is 0.382 e. The predicted molar refractivity (Wildman–Crippen MR) is 157 cm³/mol. The summed E-state index contributed by atoms with van der Waals surface area (Å²) < 4.78 is 0. The molecular weight excluding hydrogens is 516 g/mol. The number of fused-ring (bicyclic) bond motifs is 3. The van der Waals surface area contributed by atoms with Crippen molar-refractivity contribution in [3.63, 3.8) is 0 Å². The third kappa shape index (κ3) is 4.58. The summed E-state index contributed by atoms with van der Waals surface area (Å²) in [6, 6.07) is 6.28. The number of likely N-dealkylation sites (tertiary alicyclic amines) is 1. The number of nitrogen functional groups attached to an aromatic ring is 1. The molecule has 0 unspecified atom stereocenters. The third-order valence-corrected chi connectivity index (χ3v) is 9.39. The van der Waals surface area contributed by atoms with Crippen LogP contribution in [0.25, 0.3) is 0 Å². The van der Waals surface area contributed by atoms with Crippen LogP contribution < -0.4 is 10.6 Å². The van der Waals surface area contributed by atoms with Crippen molar-refractivity contribution in [3.8, 4) is 0 Å². The summed E-state index contributed by atoms with van der Waals surface area (Å²) in [6.45, 7) is 1.95. The minimum Gasteiger partial charge on any atom is -0.382 e. The molecule has 1 fully saturated rings. The second-order valence-electron chi connectivity index (χ2n) is 10.5. The van der Waals surface area contributed by atoms with Crippen LogP contribution in [0.4, 0.5) is 11.6 Å². The maximum Gasteiger partial charge on any atom is 0.147 e. The molecule has 38 heavy (non-hydrogen) atoms. The highest BCUT2D eigenvalue weighted by atomic mass is 35.5. The lowest BCUT2D eigenvalue weighted by Gasteiger charge is -2.40. The number of hydrogen-bond donors (Lipinski definition) is 1. The second-order valence-corrected chi connectivity index (χ2v) is 11.9. The lowest BCUT2D eigenvalue weighted by molar-refractivity contribution is 0.135. The average molecular weight is 547 g/mol. The molecule has 5 heterocycles. The quantitative estimate of drug-likeness (QED) is 0.592. The van der Waals surface area contributed by atoms with Gasteiger partial charge in [0.05, 0.1) is 9.93 Å². The number of aromatic nitrogens is 2. The van der Waals surface area contributed by atoms with Crippen LogP contribution in [0.5, 0.6) is 0 Å². The van der Waals surface area contributed by atoms with Gasteiger partial charge in [-0.2, -0.15) is 0 Å². The molecule has 2 aromatic rings. The number of aliphatic imine (C=N–C) groups is 2. The van der Waals surface area contributed by atoms with Gasteiger partial charge >= 0.3 is 0 Å². The number of amidine groups is 1. The maximum absolute atomic E-state index is 6.39. The number of allylic oxidation sites excluding steroid dienone is 2. The van der Waals surface area contributed by atoms with Crippen molar-refractivity contribution in [1.82, 2.24) is 19.8 Å². The Hall–Kier alpha value is -3.30. The molecule has 1 saturated heterocycles. The number of nitrogens with two attached hydrogens (primary N) is 1. The van der Waals surface area contributed by atoms with Gasteiger partial charge in [-0.05, 0) is 67.0 Å². The number of nitrogens with zero attached hydrogens (tertiary/aromatic N) is 7.